The number of nitrogens with two attached hydrogens (primary N) is 1. The van der Waals surface area contributed by atoms with Gasteiger partial charge in [0.15, 0.2) is 0 Å². The second-order valence-corrected chi connectivity index (χ2v) is 5.61. The first kappa shape index (κ1) is 15.5. The lowest BCUT2D eigenvalue weighted by molar-refractivity contribution is -0.144. The van der Waals surface area contributed by atoms with E-state index in [1.165, 1.54) is 0 Å². The molecule has 2 unspecified atom stereocenters. The van der Waals surface area contributed by atoms with Crippen molar-refractivity contribution in [1.82, 2.24) is 5.32 Å². The molecular formula is C16H22N2O3. The zero-order chi connectivity index (χ0) is 15.2. The van der Waals surface area contributed by atoms with Crippen LogP contribution in [0.3, 0.4) is 0 Å². The lowest BCUT2D eigenvalue weighted by Crippen LogP contribution is -2.49. The molecule has 114 valence electrons. The summed E-state index contributed by atoms with van der Waals surface area (Å²) in [5.41, 5.74) is 6.59. The summed E-state index contributed by atoms with van der Waals surface area (Å²) < 4.78 is 0. The van der Waals surface area contributed by atoms with Gasteiger partial charge in [0.25, 0.3) is 0 Å². The number of carbonyl (C=O) groups is 2. The van der Waals surface area contributed by atoms with Gasteiger partial charge in [0.05, 0.1) is 0 Å². The first-order valence-electron chi connectivity index (χ1n) is 7.43. The molecule has 2 atom stereocenters. The van der Waals surface area contributed by atoms with Gasteiger partial charge >= 0.3 is 5.97 Å². The van der Waals surface area contributed by atoms with Gasteiger partial charge in [-0.05, 0) is 24.3 Å². The van der Waals surface area contributed by atoms with E-state index in [2.05, 4.69) is 5.32 Å². The van der Waals surface area contributed by atoms with Crippen molar-refractivity contribution in [2.24, 2.45) is 11.7 Å². The molecule has 2 rings (SSSR count). The predicted molar refractivity (Wildman–Crippen MR) is 79.5 cm³/mol. The minimum atomic E-state index is -0.976. The molecule has 4 N–H and O–H groups in total. The van der Waals surface area contributed by atoms with Gasteiger partial charge in [0.2, 0.25) is 5.91 Å². The summed E-state index contributed by atoms with van der Waals surface area (Å²) in [7, 11) is 0. The molecule has 21 heavy (non-hydrogen) atoms. The first-order valence-corrected chi connectivity index (χ1v) is 7.43. The molecule has 0 aliphatic heterocycles. The molecule has 1 aromatic carbocycles. The lowest BCUT2D eigenvalue weighted by atomic mass is 9.83. The number of hydrogen-bond acceptors (Lipinski definition) is 3. The molecule has 1 aromatic rings. The Balaban J connectivity index is 2.02. The first-order chi connectivity index (χ1) is 10.1. The average Bonchev–Trinajstić information content (AvgIpc) is 2.53. The molecule has 1 amide bonds. The minimum absolute atomic E-state index is 0.00294. The summed E-state index contributed by atoms with van der Waals surface area (Å²) in [6, 6.07) is 7.30. The van der Waals surface area contributed by atoms with Gasteiger partial charge in [-0.15, -0.1) is 0 Å². The van der Waals surface area contributed by atoms with E-state index in [-0.39, 0.29) is 5.92 Å². The Bertz CT molecular complexity index is 484. The summed E-state index contributed by atoms with van der Waals surface area (Å²) >= 11 is 0. The van der Waals surface area contributed by atoms with Crippen LogP contribution in [-0.2, 0) is 9.59 Å². The van der Waals surface area contributed by atoms with Crippen molar-refractivity contribution in [2.45, 2.75) is 44.2 Å². The van der Waals surface area contributed by atoms with Crippen molar-refractivity contribution >= 4 is 11.9 Å². The minimum Gasteiger partial charge on any atom is -0.480 e. The number of carbonyl (C=O) groups excluding carboxylic acids is 1. The second-order valence-electron chi connectivity index (χ2n) is 5.61. The Morgan fingerprint density at radius 1 is 1.14 bits per heavy atom. The number of benzene rings is 1. The van der Waals surface area contributed by atoms with Crippen LogP contribution in [0.4, 0.5) is 0 Å². The monoisotopic (exact) mass is 290 g/mol. The Morgan fingerprint density at radius 2 is 1.76 bits per heavy atom. The Labute approximate surface area is 124 Å². The topological polar surface area (TPSA) is 92.4 Å². The number of carboxylic acid groups (broad SMARTS) is 1. The Hall–Kier alpha value is -1.88. The summed E-state index contributed by atoms with van der Waals surface area (Å²) in [4.78, 5) is 23.6. The van der Waals surface area contributed by atoms with Crippen LogP contribution in [0.25, 0.3) is 0 Å². The highest BCUT2D eigenvalue weighted by Crippen LogP contribution is 2.27. The van der Waals surface area contributed by atoms with Gasteiger partial charge in [-0.1, -0.05) is 49.6 Å². The fourth-order valence-corrected chi connectivity index (χ4v) is 2.90. The summed E-state index contributed by atoms with van der Waals surface area (Å²) in [6.07, 6.45) is 4.88. The number of carboxylic acids is 1. The van der Waals surface area contributed by atoms with E-state index in [1.54, 1.807) is 24.3 Å². The van der Waals surface area contributed by atoms with Crippen LogP contribution >= 0.6 is 0 Å². The standard InChI is InChI=1S/C16H22N2O3/c17-13(11-7-3-1-4-8-11)15(19)18-14(16(20)21)12-9-5-2-6-10-12/h1,3-4,7-8,12-14H,2,5-6,9-10,17H2,(H,18,19)(H,20,21). The molecule has 1 fully saturated rings. The zero-order valence-electron chi connectivity index (χ0n) is 12.0. The summed E-state index contributed by atoms with van der Waals surface area (Å²) in [5.74, 6) is -1.40. The third-order valence-corrected chi connectivity index (χ3v) is 4.13. The van der Waals surface area contributed by atoms with Gasteiger partial charge < -0.3 is 16.2 Å². The van der Waals surface area contributed by atoms with Gasteiger partial charge in [-0.3, -0.25) is 4.79 Å². The molecule has 1 saturated carbocycles. The Kier molecular flexibility index (Phi) is 5.33. The Morgan fingerprint density at radius 3 is 2.33 bits per heavy atom. The van der Waals surface area contributed by atoms with E-state index in [4.69, 9.17) is 5.73 Å². The van der Waals surface area contributed by atoms with Crippen LogP contribution in [-0.4, -0.2) is 23.0 Å². The van der Waals surface area contributed by atoms with Gasteiger partial charge in [0, 0.05) is 0 Å². The van der Waals surface area contributed by atoms with Crippen molar-refractivity contribution in [3.05, 3.63) is 35.9 Å². The van der Waals surface area contributed by atoms with Crippen molar-refractivity contribution in [2.75, 3.05) is 0 Å². The SMILES string of the molecule is NC(C(=O)NC(C(=O)O)C1CCCCC1)c1ccccc1. The summed E-state index contributed by atoms with van der Waals surface area (Å²) in [6.45, 7) is 0. The van der Waals surface area contributed by atoms with Gasteiger partial charge in [-0.25, -0.2) is 4.79 Å². The van der Waals surface area contributed by atoms with Gasteiger partial charge in [-0.2, -0.15) is 0 Å². The molecule has 1 aliphatic rings. The van der Waals surface area contributed by atoms with Crippen LogP contribution in [0, 0.1) is 5.92 Å². The largest absolute Gasteiger partial charge is 0.480 e. The fraction of sp³-hybridized carbons (Fsp3) is 0.500. The molecule has 1 aliphatic carbocycles. The smallest absolute Gasteiger partial charge is 0.326 e. The fourth-order valence-electron chi connectivity index (χ4n) is 2.90. The summed E-state index contributed by atoms with van der Waals surface area (Å²) in [5, 5.41) is 12.0. The van der Waals surface area contributed by atoms with E-state index >= 15 is 0 Å². The van der Waals surface area contributed by atoms with Crippen LogP contribution in [0.2, 0.25) is 0 Å². The van der Waals surface area contributed by atoms with Crippen LogP contribution in [0.5, 0.6) is 0 Å². The van der Waals surface area contributed by atoms with E-state index < -0.39 is 24.0 Å². The highest BCUT2D eigenvalue weighted by atomic mass is 16.4. The molecule has 0 saturated heterocycles. The van der Waals surface area contributed by atoms with Crippen LogP contribution < -0.4 is 11.1 Å². The molecular weight excluding hydrogens is 268 g/mol. The van der Waals surface area contributed by atoms with E-state index in [9.17, 15) is 14.7 Å². The second kappa shape index (κ2) is 7.22. The van der Waals surface area contributed by atoms with Crippen molar-refractivity contribution in [1.29, 1.82) is 0 Å². The quantitative estimate of drug-likeness (QED) is 0.771. The zero-order valence-corrected chi connectivity index (χ0v) is 12.0. The highest BCUT2D eigenvalue weighted by molar-refractivity contribution is 5.87. The average molecular weight is 290 g/mol. The molecule has 0 heterocycles. The van der Waals surface area contributed by atoms with E-state index in [0.29, 0.717) is 5.56 Å². The lowest BCUT2D eigenvalue weighted by Gasteiger charge is -2.28. The van der Waals surface area contributed by atoms with Gasteiger partial charge in [0.1, 0.15) is 12.1 Å². The van der Waals surface area contributed by atoms with E-state index in [1.807, 2.05) is 6.07 Å². The number of hydrogen-bond donors (Lipinski definition) is 3. The van der Waals surface area contributed by atoms with Crippen molar-refractivity contribution in [3.8, 4) is 0 Å². The highest BCUT2D eigenvalue weighted by Gasteiger charge is 2.32. The van der Waals surface area contributed by atoms with Crippen LogP contribution in [0.15, 0.2) is 30.3 Å². The number of aliphatic carboxylic acids is 1. The normalized spacial score (nSPS) is 18.7. The maximum absolute atomic E-state index is 12.2. The predicted octanol–water partition coefficient (Wildman–Crippen LogP) is 1.84. The number of rotatable bonds is 5. The van der Waals surface area contributed by atoms with Crippen LogP contribution in [0.1, 0.15) is 43.7 Å². The number of amides is 1. The molecule has 5 nitrogen and oxygen atoms in total. The van der Waals surface area contributed by atoms with E-state index in [0.717, 1.165) is 32.1 Å². The van der Waals surface area contributed by atoms with Crippen molar-refractivity contribution < 1.29 is 14.7 Å². The molecule has 0 radical (unpaired) electrons. The third-order valence-electron chi connectivity index (χ3n) is 4.13. The molecule has 0 spiro atoms. The maximum Gasteiger partial charge on any atom is 0.326 e. The van der Waals surface area contributed by atoms with Crippen molar-refractivity contribution in [3.63, 3.8) is 0 Å². The number of nitrogens with one attached hydrogen (secondary N) is 1. The molecule has 5 heteroatoms. The third kappa shape index (κ3) is 4.04. The maximum atomic E-state index is 12.2. The molecule has 0 aromatic heterocycles. The molecule has 0 bridgehead atoms.